The Balaban J connectivity index is 2.31. The number of hydrogen-bond acceptors (Lipinski definition) is 3. The number of benzene rings is 1. The summed E-state index contributed by atoms with van der Waals surface area (Å²) in [6, 6.07) is 4.89. The van der Waals surface area contributed by atoms with Crippen molar-refractivity contribution in [2.45, 2.75) is 19.3 Å². The average Bonchev–Trinajstić information content (AvgIpc) is 2.38. The number of unbranched alkanes of at least 4 members (excludes halogenated alkanes) is 1. The van der Waals surface area contributed by atoms with Gasteiger partial charge in [-0.05, 0) is 47.0 Å². The summed E-state index contributed by atoms with van der Waals surface area (Å²) in [6.45, 7) is 0.441. The van der Waals surface area contributed by atoms with Gasteiger partial charge >= 0.3 is 12.0 Å². The smallest absolute Gasteiger partial charge is 0.319 e. The van der Waals surface area contributed by atoms with Crippen LogP contribution in [0.4, 0.5) is 10.5 Å². The van der Waals surface area contributed by atoms with Crippen molar-refractivity contribution < 1.29 is 19.4 Å². The Morgan fingerprint density at radius 3 is 2.70 bits per heavy atom. The molecule has 0 unspecified atom stereocenters. The SMILES string of the molecule is COc1ccc(NC(=O)NCCCCC(=O)O)cc1Br. The summed E-state index contributed by atoms with van der Waals surface area (Å²) in [4.78, 5) is 21.9. The minimum Gasteiger partial charge on any atom is -0.496 e. The highest BCUT2D eigenvalue weighted by molar-refractivity contribution is 9.10. The van der Waals surface area contributed by atoms with Crippen molar-refractivity contribution in [2.75, 3.05) is 19.0 Å². The Hall–Kier alpha value is -1.76. The number of ether oxygens (including phenoxy) is 1. The number of hydrogen-bond donors (Lipinski definition) is 3. The number of amides is 2. The zero-order valence-electron chi connectivity index (χ0n) is 11.1. The van der Waals surface area contributed by atoms with Crippen molar-refractivity contribution in [3.63, 3.8) is 0 Å². The Bertz CT molecular complexity index is 479. The first-order chi connectivity index (χ1) is 9.52. The van der Waals surface area contributed by atoms with Gasteiger partial charge in [-0.1, -0.05) is 0 Å². The topological polar surface area (TPSA) is 87.7 Å². The van der Waals surface area contributed by atoms with Crippen LogP contribution in [0.3, 0.4) is 0 Å². The van der Waals surface area contributed by atoms with Gasteiger partial charge in [-0.2, -0.15) is 0 Å². The van der Waals surface area contributed by atoms with Gasteiger partial charge in [-0.25, -0.2) is 4.79 Å². The number of nitrogens with one attached hydrogen (secondary N) is 2. The van der Waals surface area contributed by atoms with E-state index in [4.69, 9.17) is 9.84 Å². The molecule has 0 saturated heterocycles. The molecule has 0 aliphatic rings. The molecule has 0 atom stereocenters. The summed E-state index contributed by atoms with van der Waals surface area (Å²) in [6.07, 6.45) is 1.30. The normalized spacial score (nSPS) is 9.90. The largest absolute Gasteiger partial charge is 0.496 e. The molecule has 0 saturated carbocycles. The Labute approximate surface area is 125 Å². The lowest BCUT2D eigenvalue weighted by Crippen LogP contribution is -2.29. The van der Waals surface area contributed by atoms with Gasteiger partial charge < -0.3 is 20.5 Å². The third kappa shape index (κ3) is 5.92. The second-order valence-electron chi connectivity index (χ2n) is 4.08. The number of urea groups is 1. The molecule has 1 aromatic carbocycles. The van der Waals surface area contributed by atoms with Gasteiger partial charge in [0.1, 0.15) is 5.75 Å². The predicted molar refractivity (Wildman–Crippen MR) is 79.2 cm³/mol. The zero-order valence-corrected chi connectivity index (χ0v) is 12.7. The van der Waals surface area contributed by atoms with Crippen molar-refractivity contribution in [1.82, 2.24) is 5.32 Å². The first-order valence-corrected chi connectivity index (χ1v) is 6.92. The fourth-order valence-corrected chi connectivity index (χ4v) is 2.06. The van der Waals surface area contributed by atoms with Crippen molar-refractivity contribution >= 4 is 33.6 Å². The molecule has 0 heterocycles. The summed E-state index contributed by atoms with van der Waals surface area (Å²) in [5.41, 5.74) is 0.640. The molecule has 6 nitrogen and oxygen atoms in total. The second kappa shape index (κ2) is 8.42. The number of carboxylic acids is 1. The van der Waals surface area contributed by atoms with E-state index in [0.717, 1.165) is 4.47 Å². The van der Waals surface area contributed by atoms with E-state index in [1.807, 2.05) is 0 Å². The third-order valence-corrected chi connectivity index (χ3v) is 3.13. The molecular weight excluding hydrogens is 328 g/mol. The third-order valence-electron chi connectivity index (χ3n) is 2.51. The molecule has 0 fully saturated rings. The number of carbonyl (C=O) groups excluding carboxylic acids is 1. The van der Waals surface area contributed by atoms with Gasteiger partial charge in [-0.3, -0.25) is 4.79 Å². The number of aliphatic carboxylic acids is 1. The standard InChI is InChI=1S/C13H17BrN2O4/c1-20-11-6-5-9(8-10(11)14)16-13(19)15-7-3-2-4-12(17)18/h5-6,8H,2-4,7H2,1H3,(H,17,18)(H2,15,16,19). The number of methoxy groups -OCH3 is 1. The van der Waals surface area contributed by atoms with E-state index >= 15 is 0 Å². The average molecular weight is 345 g/mol. The van der Waals surface area contributed by atoms with E-state index in [-0.39, 0.29) is 12.5 Å². The van der Waals surface area contributed by atoms with E-state index in [2.05, 4.69) is 26.6 Å². The van der Waals surface area contributed by atoms with E-state index < -0.39 is 5.97 Å². The molecular formula is C13H17BrN2O4. The molecule has 2 amide bonds. The first kappa shape index (κ1) is 16.3. The number of halogens is 1. The Morgan fingerprint density at radius 2 is 2.10 bits per heavy atom. The van der Waals surface area contributed by atoms with Gasteiger partial charge in [0.2, 0.25) is 0 Å². The van der Waals surface area contributed by atoms with Crippen molar-refractivity contribution in [3.05, 3.63) is 22.7 Å². The van der Waals surface area contributed by atoms with Crippen LogP contribution in [-0.4, -0.2) is 30.8 Å². The van der Waals surface area contributed by atoms with E-state index in [1.165, 1.54) is 0 Å². The maximum Gasteiger partial charge on any atom is 0.319 e. The molecule has 0 radical (unpaired) electrons. The molecule has 7 heteroatoms. The number of rotatable bonds is 7. The first-order valence-electron chi connectivity index (χ1n) is 6.13. The lowest BCUT2D eigenvalue weighted by Gasteiger charge is -2.09. The second-order valence-corrected chi connectivity index (χ2v) is 4.94. The van der Waals surface area contributed by atoms with Crippen molar-refractivity contribution in [3.8, 4) is 5.75 Å². The van der Waals surface area contributed by atoms with Crippen LogP contribution >= 0.6 is 15.9 Å². The lowest BCUT2D eigenvalue weighted by molar-refractivity contribution is -0.137. The lowest BCUT2D eigenvalue weighted by atomic mass is 10.2. The Morgan fingerprint density at radius 1 is 1.35 bits per heavy atom. The fraction of sp³-hybridized carbons (Fsp3) is 0.385. The summed E-state index contributed by atoms with van der Waals surface area (Å²) in [5.74, 6) is -0.137. The van der Waals surface area contributed by atoms with E-state index in [9.17, 15) is 9.59 Å². The van der Waals surface area contributed by atoms with Crippen molar-refractivity contribution in [1.29, 1.82) is 0 Å². The van der Waals surface area contributed by atoms with E-state index in [1.54, 1.807) is 25.3 Å². The Kier molecular flexibility index (Phi) is 6.86. The molecule has 1 aromatic rings. The number of anilines is 1. The monoisotopic (exact) mass is 344 g/mol. The highest BCUT2D eigenvalue weighted by Crippen LogP contribution is 2.27. The van der Waals surface area contributed by atoms with Gasteiger partial charge in [0.25, 0.3) is 0 Å². The van der Waals surface area contributed by atoms with Crippen LogP contribution in [-0.2, 0) is 4.79 Å². The maximum absolute atomic E-state index is 11.6. The van der Waals surface area contributed by atoms with E-state index in [0.29, 0.717) is 30.8 Å². The van der Waals surface area contributed by atoms with Crippen LogP contribution in [0.25, 0.3) is 0 Å². The highest BCUT2D eigenvalue weighted by Gasteiger charge is 2.05. The van der Waals surface area contributed by atoms with Crippen LogP contribution in [0.15, 0.2) is 22.7 Å². The molecule has 1 rings (SSSR count). The summed E-state index contributed by atoms with van der Waals surface area (Å²) >= 11 is 3.33. The minimum atomic E-state index is -0.822. The molecule has 110 valence electrons. The quantitative estimate of drug-likeness (QED) is 0.663. The molecule has 0 bridgehead atoms. The fourth-order valence-electron chi connectivity index (χ4n) is 1.52. The maximum atomic E-state index is 11.6. The van der Waals surface area contributed by atoms with Gasteiger partial charge in [0.15, 0.2) is 0 Å². The molecule has 0 aliphatic heterocycles. The van der Waals surface area contributed by atoms with Crippen LogP contribution < -0.4 is 15.4 Å². The predicted octanol–water partition coefficient (Wildman–Crippen LogP) is 2.83. The van der Waals surface area contributed by atoms with Crippen molar-refractivity contribution in [2.24, 2.45) is 0 Å². The molecule has 3 N–H and O–H groups in total. The minimum absolute atomic E-state index is 0.120. The molecule has 20 heavy (non-hydrogen) atoms. The van der Waals surface area contributed by atoms with Gasteiger partial charge in [-0.15, -0.1) is 0 Å². The molecule has 0 spiro atoms. The van der Waals surface area contributed by atoms with Gasteiger partial charge in [0.05, 0.1) is 11.6 Å². The van der Waals surface area contributed by atoms with Crippen LogP contribution in [0.1, 0.15) is 19.3 Å². The molecule has 0 aromatic heterocycles. The summed E-state index contributed by atoms with van der Waals surface area (Å²) < 4.78 is 5.84. The number of carbonyl (C=O) groups is 2. The van der Waals surface area contributed by atoms with Gasteiger partial charge in [0, 0.05) is 18.7 Å². The summed E-state index contributed by atoms with van der Waals surface area (Å²) in [7, 11) is 1.57. The highest BCUT2D eigenvalue weighted by atomic mass is 79.9. The van der Waals surface area contributed by atoms with Crippen LogP contribution in [0.2, 0.25) is 0 Å². The summed E-state index contributed by atoms with van der Waals surface area (Å²) in [5, 5.41) is 13.8. The van der Waals surface area contributed by atoms with Crippen LogP contribution in [0, 0.1) is 0 Å². The number of carboxylic acid groups (broad SMARTS) is 1. The van der Waals surface area contributed by atoms with Crippen LogP contribution in [0.5, 0.6) is 5.75 Å². The molecule has 0 aliphatic carbocycles. The zero-order chi connectivity index (χ0) is 15.0.